The summed E-state index contributed by atoms with van der Waals surface area (Å²) >= 11 is 0. The summed E-state index contributed by atoms with van der Waals surface area (Å²) in [6.07, 6.45) is 7.17. The molecule has 2 aromatic heterocycles. The topological polar surface area (TPSA) is 75.4 Å². The Morgan fingerprint density at radius 2 is 1.93 bits per heavy atom. The lowest BCUT2D eigenvalue weighted by atomic mass is 9.97. The standard InChI is InChI=1S/C20H24N6O/c1-14-5-3-6-15(2)25(14)13-16-7-9-17(10-8-16)22-19(27)18-23-20-21-11-4-12-26(20)24-18/h4,7-12,14-15H,3,5-6,13H2,1-2H3,(H,22,27). The first-order valence-corrected chi connectivity index (χ1v) is 9.43. The minimum Gasteiger partial charge on any atom is -0.319 e. The molecule has 27 heavy (non-hydrogen) atoms. The van der Waals surface area contributed by atoms with Crippen LogP contribution < -0.4 is 5.32 Å². The predicted molar refractivity (Wildman–Crippen MR) is 103 cm³/mol. The Hall–Kier alpha value is -2.80. The van der Waals surface area contributed by atoms with Gasteiger partial charge in [-0.05, 0) is 50.5 Å². The van der Waals surface area contributed by atoms with Gasteiger partial charge >= 0.3 is 0 Å². The number of carbonyl (C=O) groups excluding carboxylic acids is 1. The second kappa shape index (κ2) is 7.44. The molecule has 0 bridgehead atoms. The number of fused-ring (bicyclic) bond motifs is 1. The highest BCUT2D eigenvalue weighted by Gasteiger charge is 2.24. The Balaban J connectivity index is 1.42. The molecule has 0 aliphatic carbocycles. The third-order valence-corrected chi connectivity index (χ3v) is 5.27. The lowest BCUT2D eigenvalue weighted by molar-refractivity contribution is 0.0953. The highest BCUT2D eigenvalue weighted by molar-refractivity contribution is 6.01. The number of rotatable bonds is 4. The van der Waals surface area contributed by atoms with Gasteiger partial charge in [0, 0.05) is 36.7 Å². The molecular weight excluding hydrogens is 340 g/mol. The minimum absolute atomic E-state index is 0.105. The average molecular weight is 364 g/mol. The zero-order valence-electron chi connectivity index (χ0n) is 15.7. The summed E-state index contributed by atoms with van der Waals surface area (Å²) in [5.41, 5.74) is 1.99. The lowest BCUT2D eigenvalue weighted by Gasteiger charge is -2.39. The molecule has 4 rings (SSSR count). The summed E-state index contributed by atoms with van der Waals surface area (Å²) < 4.78 is 1.49. The van der Waals surface area contributed by atoms with E-state index in [4.69, 9.17) is 0 Å². The van der Waals surface area contributed by atoms with E-state index in [9.17, 15) is 4.79 Å². The number of amides is 1. The monoisotopic (exact) mass is 364 g/mol. The third kappa shape index (κ3) is 3.83. The van der Waals surface area contributed by atoms with E-state index in [-0.39, 0.29) is 11.7 Å². The Morgan fingerprint density at radius 3 is 2.63 bits per heavy atom. The Kier molecular flexibility index (Phi) is 4.85. The maximum atomic E-state index is 12.4. The van der Waals surface area contributed by atoms with E-state index in [1.54, 1.807) is 18.5 Å². The van der Waals surface area contributed by atoms with E-state index >= 15 is 0 Å². The fraction of sp³-hybridized carbons (Fsp3) is 0.400. The van der Waals surface area contributed by atoms with Gasteiger partial charge in [-0.2, -0.15) is 4.98 Å². The molecule has 1 aliphatic heterocycles. The predicted octanol–water partition coefficient (Wildman–Crippen LogP) is 3.14. The summed E-state index contributed by atoms with van der Waals surface area (Å²) in [6.45, 7) is 5.55. The van der Waals surface area contributed by atoms with Crippen LogP contribution in [-0.2, 0) is 6.54 Å². The Bertz CT molecular complexity index is 892. The number of anilines is 1. The van der Waals surface area contributed by atoms with Crippen molar-refractivity contribution in [3.8, 4) is 0 Å². The number of nitrogens with one attached hydrogen (secondary N) is 1. The average Bonchev–Trinajstić information content (AvgIpc) is 3.11. The Morgan fingerprint density at radius 1 is 1.19 bits per heavy atom. The van der Waals surface area contributed by atoms with Crippen molar-refractivity contribution < 1.29 is 4.79 Å². The van der Waals surface area contributed by atoms with E-state index in [1.807, 2.05) is 12.1 Å². The van der Waals surface area contributed by atoms with Gasteiger partial charge in [-0.25, -0.2) is 9.50 Å². The van der Waals surface area contributed by atoms with Crippen molar-refractivity contribution in [2.45, 2.75) is 51.7 Å². The molecule has 140 valence electrons. The van der Waals surface area contributed by atoms with E-state index in [1.165, 1.54) is 29.3 Å². The quantitative estimate of drug-likeness (QED) is 0.770. The Labute approximate surface area is 158 Å². The zero-order valence-corrected chi connectivity index (χ0v) is 15.7. The van der Waals surface area contributed by atoms with E-state index in [0.717, 1.165) is 12.2 Å². The summed E-state index contributed by atoms with van der Waals surface area (Å²) in [5, 5.41) is 6.99. The van der Waals surface area contributed by atoms with Crippen LogP contribution in [0.4, 0.5) is 5.69 Å². The van der Waals surface area contributed by atoms with Crippen molar-refractivity contribution in [2.75, 3.05) is 5.32 Å². The summed E-state index contributed by atoms with van der Waals surface area (Å²) in [7, 11) is 0. The van der Waals surface area contributed by atoms with Gasteiger partial charge in [0.05, 0.1) is 0 Å². The summed E-state index contributed by atoms with van der Waals surface area (Å²) in [5.74, 6) is 0.169. The van der Waals surface area contributed by atoms with Gasteiger partial charge in [-0.3, -0.25) is 9.69 Å². The van der Waals surface area contributed by atoms with Crippen LogP contribution in [0.25, 0.3) is 5.78 Å². The first-order chi connectivity index (χ1) is 13.1. The van der Waals surface area contributed by atoms with Gasteiger partial charge in [0.2, 0.25) is 5.82 Å². The number of piperidine rings is 1. The number of hydrogen-bond donors (Lipinski definition) is 1. The number of likely N-dealkylation sites (tertiary alicyclic amines) is 1. The van der Waals surface area contributed by atoms with Gasteiger partial charge in [-0.1, -0.05) is 18.6 Å². The first kappa shape index (κ1) is 17.6. The van der Waals surface area contributed by atoms with Crippen molar-refractivity contribution in [3.63, 3.8) is 0 Å². The van der Waals surface area contributed by atoms with Gasteiger partial charge < -0.3 is 5.32 Å². The van der Waals surface area contributed by atoms with Crippen LogP contribution in [0.1, 0.15) is 49.3 Å². The van der Waals surface area contributed by atoms with Crippen LogP contribution >= 0.6 is 0 Å². The fourth-order valence-electron chi connectivity index (χ4n) is 3.71. The van der Waals surface area contributed by atoms with Crippen LogP contribution in [0, 0.1) is 0 Å². The molecule has 1 saturated heterocycles. The SMILES string of the molecule is CC1CCCC(C)N1Cc1ccc(NC(=O)c2nc3ncccn3n2)cc1. The highest BCUT2D eigenvalue weighted by Crippen LogP contribution is 2.25. The van der Waals surface area contributed by atoms with Crippen molar-refractivity contribution in [1.82, 2.24) is 24.5 Å². The van der Waals surface area contributed by atoms with Crippen molar-refractivity contribution >= 4 is 17.4 Å². The molecule has 0 saturated carbocycles. The van der Waals surface area contributed by atoms with Crippen molar-refractivity contribution in [2.24, 2.45) is 0 Å². The molecule has 1 amide bonds. The fourth-order valence-corrected chi connectivity index (χ4v) is 3.71. The smallest absolute Gasteiger partial charge is 0.295 e. The molecule has 0 radical (unpaired) electrons. The molecule has 2 unspecified atom stereocenters. The first-order valence-electron chi connectivity index (χ1n) is 9.43. The maximum absolute atomic E-state index is 12.4. The molecular formula is C20H24N6O. The maximum Gasteiger partial charge on any atom is 0.295 e. The zero-order chi connectivity index (χ0) is 18.8. The van der Waals surface area contributed by atoms with E-state index in [0.29, 0.717) is 17.9 Å². The molecule has 7 nitrogen and oxygen atoms in total. The normalized spacial score (nSPS) is 20.7. The molecule has 7 heteroatoms. The summed E-state index contributed by atoms with van der Waals surface area (Å²) in [6, 6.07) is 11.0. The van der Waals surface area contributed by atoms with Gasteiger partial charge in [0.1, 0.15) is 0 Å². The minimum atomic E-state index is -0.341. The highest BCUT2D eigenvalue weighted by atomic mass is 16.2. The largest absolute Gasteiger partial charge is 0.319 e. The number of benzene rings is 1. The van der Waals surface area contributed by atoms with Crippen LogP contribution in [0.15, 0.2) is 42.7 Å². The van der Waals surface area contributed by atoms with Gasteiger partial charge in [-0.15, -0.1) is 5.10 Å². The van der Waals surface area contributed by atoms with E-state index < -0.39 is 0 Å². The molecule has 3 aromatic rings. The van der Waals surface area contributed by atoms with Crippen molar-refractivity contribution in [3.05, 3.63) is 54.1 Å². The van der Waals surface area contributed by atoms with Crippen LogP contribution in [0.5, 0.6) is 0 Å². The second-order valence-electron chi connectivity index (χ2n) is 7.25. The van der Waals surface area contributed by atoms with E-state index in [2.05, 4.69) is 51.3 Å². The lowest BCUT2D eigenvalue weighted by Crippen LogP contribution is -2.42. The number of carbonyl (C=O) groups is 1. The molecule has 0 spiro atoms. The van der Waals surface area contributed by atoms with Gasteiger partial charge in [0.25, 0.3) is 11.7 Å². The summed E-state index contributed by atoms with van der Waals surface area (Å²) in [4.78, 5) is 23.2. The number of aromatic nitrogens is 4. The second-order valence-corrected chi connectivity index (χ2v) is 7.25. The molecule has 1 N–H and O–H groups in total. The van der Waals surface area contributed by atoms with Crippen LogP contribution in [0.3, 0.4) is 0 Å². The van der Waals surface area contributed by atoms with Gasteiger partial charge in [0.15, 0.2) is 0 Å². The molecule has 1 fully saturated rings. The number of nitrogens with zero attached hydrogens (tertiary/aromatic N) is 5. The third-order valence-electron chi connectivity index (χ3n) is 5.27. The van der Waals surface area contributed by atoms with Crippen LogP contribution in [0.2, 0.25) is 0 Å². The molecule has 3 heterocycles. The molecule has 1 aromatic carbocycles. The molecule has 2 atom stereocenters. The number of hydrogen-bond acceptors (Lipinski definition) is 5. The van der Waals surface area contributed by atoms with Crippen molar-refractivity contribution in [1.29, 1.82) is 0 Å². The molecule has 1 aliphatic rings. The van der Waals surface area contributed by atoms with Crippen LogP contribution in [-0.4, -0.2) is 42.5 Å².